The minimum atomic E-state index is -0.00273. The second kappa shape index (κ2) is 4.93. The largest absolute Gasteiger partial charge is 0.497 e. The first-order chi connectivity index (χ1) is 10.4. The van der Waals surface area contributed by atoms with Gasteiger partial charge in [0.2, 0.25) is 0 Å². The zero-order valence-electron chi connectivity index (χ0n) is 12.0. The molecule has 106 valence electrons. The van der Waals surface area contributed by atoms with E-state index in [1.54, 1.807) is 7.11 Å². The van der Waals surface area contributed by atoms with Crippen molar-refractivity contribution >= 4 is 10.9 Å². The van der Waals surface area contributed by atoms with Crippen LogP contribution in [0.4, 0.5) is 0 Å². The van der Waals surface area contributed by atoms with Gasteiger partial charge >= 0.3 is 0 Å². The van der Waals surface area contributed by atoms with Crippen molar-refractivity contribution in [1.29, 1.82) is 0 Å². The lowest BCUT2D eigenvalue weighted by molar-refractivity contribution is 0.0478. The van der Waals surface area contributed by atoms with Gasteiger partial charge in [0.25, 0.3) is 0 Å². The number of para-hydroxylation sites is 1. The first kappa shape index (κ1) is 12.5. The fourth-order valence-electron chi connectivity index (χ4n) is 3.09. The Kier molecular flexibility index (Phi) is 2.93. The molecule has 21 heavy (non-hydrogen) atoms. The van der Waals surface area contributed by atoms with Gasteiger partial charge in [0.15, 0.2) is 0 Å². The molecule has 2 aromatic carbocycles. The van der Waals surface area contributed by atoms with E-state index in [4.69, 9.17) is 9.47 Å². The molecule has 0 saturated heterocycles. The van der Waals surface area contributed by atoms with Gasteiger partial charge in [-0.3, -0.25) is 0 Å². The number of hydrogen-bond acceptors (Lipinski definition) is 2. The fourth-order valence-corrected chi connectivity index (χ4v) is 3.09. The molecule has 1 atom stereocenters. The van der Waals surface area contributed by atoms with E-state index in [-0.39, 0.29) is 6.10 Å². The molecule has 1 aliphatic heterocycles. The second-order valence-electron chi connectivity index (χ2n) is 5.30. The highest BCUT2D eigenvalue weighted by Crippen LogP contribution is 2.34. The molecule has 1 aromatic heterocycles. The number of rotatable bonds is 2. The van der Waals surface area contributed by atoms with Gasteiger partial charge in [-0.2, -0.15) is 0 Å². The first-order valence-corrected chi connectivity index (χ1v) is 7.20. The van der Waals surface area contributed by atoms with Gasteiger partial charge in [0.1, 0.15) is 11.9 Å². The molecule has 0 amide bonds. The van der Waals surface area contributed by atoms with Gasteiger partial charge in [-0.1, -0.05) is 30.3 Å². The third kappa shape index (κ3) is 2.01. The van der Waals surface area contributed by atoms with E-state index in [0.29, 0.717) is 0 Å². The lowest BCUT2D eigenvalue weighted by Crippen LogP contribution is -2.21. The number of ether oxygens (including phenoxy) is 2. The summed E-state index contributed by atoms with van der Waals surface area (Å²) in [5.74, 6) is 0.870. The van der Waals surface area contributed by atoms with Crippen LogP contribution in [0.2, 0.25) is 0 Å². The molecule has 0 saturated carbocycles. The van der Waals surface area contributed by atoms with Crippen molar-refractivity contribution in [3.63, 3.8) is 0 Å². The minimum Gasteiger partial charge on any atom is -0.497 e. The Morgan fingerprint density at radius 3 is 2.71 bits per heavy atom. The summed E-state index contributed by atoms with van der Waals surface area (Å²) in [6, 6.07) is 18.9. The summed E-state index contributed by atoms with van der Waals surface area (Å²) in [4.78, 5) is 0. The van der Waals surface area contributed by atoms with Crippen LogP contribution in [-0.4, -0.2) is 18.3 Å². The van der Waals surface area contributed by atoms with Crippen molar-refractivity contribution in [2.24, 2.45) is 0 Å². The van der Waals surface area contributed by atoms with Gasteiger partial charge in [0, 0.05) is 12.1 Å². The zero-order chi connectivity index (χ0) is 14.2. The van der Waals surface area contributed by atoms with Crippen molar-refractivity contribution in [3.05, 3.63) is 65.9 Å². The van der Waals surface area contributed by atoms with E-state index in [1.165, 1.54) is 22.2 Å². The zero-order valence-corrected chi connectivity index (χ0v) is 12.0. The summed E-state index contributed by atoms with van der Waals surface area (Å²) in [5.41, 5.74) is 3.68. The monoisotopic (exact) mass is 279 g/mol. The van der Waals surface area contributed by atoms with E-state index in [0.717, 1.165) is 18.9 Å². The number of fused-ring (bicyclic) bond motifs is 3. The summed E-state index contributed by atoms with van der Waals surface area (Å²) in [7, 11) is 1.68. The number of aromatic nitrogens is 1. The number of hydrogen-bond donors (Lipinski definition) is 0. The Balaban J connectivity index is 1.82. The molecule has 0 N–H and O–H groups in total. The van der Waals surface area contributed by atoms with E-state index < -0.39 is 0 Å². The highest BCUT2D eigenvalue weighted by Gasteiger charge is 2.24. The van der Waals surface area contributed by atoms with Crippen LogP contribution in [-0.2, 0) is 11.3 Å². The Morgan fingerprint density at radius 2 is 1.90 bits per heavy atom. The topological polar surface area (TPSA) is 23.4 Å². The predicted molar refractivity (Wildman–Crippen MR) is 82.7 cm³/mol. The van der Waals surface area contributed by atoms with Crippen LogP contribution in [0.25, 0.3) is 10.9 Å². The summed E-state index contributed by atoms with van der Waals surface area (Å²) in [5, 5.41) is 1.27. The lowest BCUT2D eigenvalue weighted by atomic mass is 10.1. The van der Waals surface area contributed by atoms with Crippen LogP contribution in [0, 0.1) is 0 Å². The molecule has 3 heteroatoms. The van der Waals surface area contributed by atoms with Crippen molar-refractivity contribution in [2.75, 3.05) is 13.7 Å². The SMILES string of the molecule is COc1ccc(C2OCCn3c2cc2ccccc23)cc1. The van der Waals surface area contributed by atoms with Gasteiger partial charge < -0.3 is 14.0 Å². The van der Waals surface area contributed by atoms with Crippen LogP contribution in [0.3, 0.4) is 0 Å². The van der Waals surface area contributed by atoms with Gasteiger partial charge in [-0.15, -0.1) is 0 Å². The number of benzene rings is 2. The van der Waals surface area contributed by atoms with E-state index in [2.05, 4.69) is 47.0 Å². The van der Waals surface area contributed by atoms with Crippen molar-refractivity contribution in [1.82, 2.24) is 4.57 Å². The maximum absolute atomic E-state index is 6.03. The molecule has 0 aliphatic carbocycles. The van der Waals surface area contributed by atoms with Crippen LogP contribution in [0.1, 0.15) is 17.4 Å². The van der Waals surface area contributed by atoms with Gasteiger partial charge in [-0.05, 0) is 35.2 Å². The Labute approximate surface area is 123 Å². The molecule has 1 aliphatic rings. The van der Waals surface area contributed by atoms with Crippen molar-refractivity contribution < 1.29 is 9.47 Å². The molecule has 0 bridgehead atoms. The Morgan fingerprint density at radius 1 is 1.10 bits per heavy atom. The van der Waals surface area contributed by atoms with E-state index in [1.807, 2.05) is 12.1 Å². The third-order valence-corrected chi connectivity index (χ3v) is 4.13. The van der Waals surface area contributed by atoms with Crippen molar-refractivity contribution in [3.8, 4) is 5.75 Å². The molecule has 2 heterocycles. The summed E-state index contributed by atoms with van der Waals surface area (Å²) >= 11 is 0. The Bertz CT molecular complexity index is 774. The maximum atomic E-state index is 6.03. The highest BCUT2D eigenvalue weighted by molar-refractivity contribution is 5.81. The molecule has 1 unspecified atom stereocenters. The van der Waals surface area contributed by atoms with Crippen molar-refractivity contribution in [2.45, 2.75) is 12.6 Å². The first-order valence-electron chi connectivity index (χ1n) is 7.20. The molecule has 3 aromatic rings. The summed E-state index contributed by atoms with van der Waals surface area (Å²) in [6.07, 6.45) is -0.00273. The van der Waals surface area contributed by atoms with E-state index >= 15 is 0 Å². The molecule has 0 spiro atoms. The average molecular weight is 279 g/mol. The quantitative estimate of drug-likeness (QED) is 0.713. The molecule has 3 nitrogen and oxygen atoms in total. The van der Waals surface area contributed by atoms with Crippen LogP contribution in [0.5, 0.6) is 5.75 Å². The number of nitrogens with zero attached hydrogens (tertiary/aromatic N) is 1. The van der Waals surface area contributed by atoms with Gasteiger partial charge in [-0.25, -0.2) is 0 Å². The second-order valence-corrected chi connectivity index (χ2v) is 5.30. The molecule has 0 radical (unpaired) electrons. The maximum Gasteiger partial charge on any atom is 0.123 e. The summed E-state index contributed by atoms with van der Waals surface area (Å²) < 4.78 is 13.6. The predicted octanol–water partition coefficient (Wildman–Crippen LogP) is 3.77. The highest BCUT2D eigenvalue weighted by atomic mass is 16.5. The number of methoxy groups -OCH3 is 1. The molecular weight excluding hydrogens is 262 g/mol. The lowest BCUT2D eigenvalue weighted by Gasteiger charge is -2.26. The van der Waals surface area contributed by atoms with E-state index in [9.17, 15) is 0 Å². The molecule has 0 fully saturated rings. The fraction of sp³-hybridized carbons (Fsp3) is 0.222. The standard InChI is InChI=1S/C18H17NO2/c1-20-15-8-6-13(7-9-15)18-17-12-14-4-2-3-5-16(14)19(17)10-11-21-18/h2-9,12,18H,10-11H2,1H3. The van der Waals surface area contributed by atoms with Crippen LogP contribution in [0.15, 0.2) is 54.6 Å². The Hall–Kier alpha value is -2.26. The molecular formula is C18H17NO2. The third-order valence-electron chi connectivity index (χ3n) is 4.13. The normalized spacial score (nSPS) is 17.7. The molecule has 4 rings (SSSR count). The van der Waals surface area contributed by atoms with Crippen LogP contribution < -0.4 is 4.74 Å². The summed E-state index contributed by atoms with van der Waals surface area (Å²) in [6.45, 7) is 1.65. The minimum absolute atomic E-state index is 0.00273. The van der Waals surface area contributed by atoms with Gasteiger partial charge in [0.05, 0.1) is 19.4 Å². The smallest absolute Gasteiger partial charge is 0.123 e. The van der Waals surface area contributed by atoms with Crippen LogP contribution >= 0.6 is 0 Å². The average Bonchev–Trinajstić information content (AvgIpc) is 2.94.